The second-order valence-electron chi connectivity index (χ2n) is 7.11. The molecule has 4 aromatic rings. The number of carbonyl (C=O) groups excluding carboxylic acids is 1. The number of hydrogen-bond donors (Lipinski definition) is 2. The van der Waals surface area contributed by atoms with Crippen LogP contribution in [-0.2, 0) is 4.79 Å². The van der Waals surface area contributed by atoms with Crippen molar-refractivity contribution in [3.63, 3.8) is 0 Å². The summed E-state index contributed by atoms with van der Waals surface area (Å²) < 4.78 is 40.7. The van der Waals surface area contributed by atoms with E-state index in [4.69, 9.17) is 0 Å². The highest BCUT2D eigenvalue weighted by Gasteiger charge is 2.36. The molecule has 0 aliphatic rings. The quantitative estimate of drug-likeness (QED) is 0.355. The molecule has 2 aromatic carbocycles. The van der Waals surface area contributed by atoms with Crippen molar-refractivity contribution in [2.75, 3.05) is 5.32 Å². The van der Waals surface area contributed by atoms with E-state index in [9.17, 15) is 18.0 Å². The standard InChI is InChI=1S/C23H19F3N2OS/c1-14(29)27-16-9-10-17-19(12-16)28-22(15-6-3-2-4-7-15)21(17)18(13-23(24,25)26)20-8-5-11-30-20/h2-12,18,28H,13H2,1H3,(H,27,29). The lowest BCUT2D eigenvalue weighted by molar-refractivity contribution is -0.136. The molecule has 2 N–H and O–H groups in total. The van der Waals surface area contributed by atoms with E-state index in [-0.39, 0.29) is 5.91 Å². The van der Waals surface area contributed by atoms with Gasteiger partial charge in [-0.2, -0.15) is 13.2 Å². The number of rotatable bonds is 5. The van der Waals surface area contributed by atoms with Gasteiger partial charge in [0.15, 0.2) is 0 Å². The molecule has 7 heteroatoms. The van der Waals surface area contributed by atoms with Crippen molar-refractivity contribution in [1.82, 2.24) is 4.98 Å². The second-order valence-corrected chi connectivity index (χ2v) is 8.09. The maximum atomic E-state index is 13.6. The fourth-order valence-corrected chi connectivity index (χ4v) is 4.60. The highest BCUT2D eigenvalue weighted by molar-refractivity contribution is 7.10. The normalized spacial score (nSPS) is 12.8. The highest BCUT2D eigenvalue weighted by Crippen LogP contribution is 2.45. The zero-order valence-electron chi connectivity index (χ0n) is 16.1. The number of anilines is 1. The molecule has 30 heavy (non-hydrogen) atoms. The van der Waals surface area contributed by atoms with Crippen LogP contribution >= 0.6 is 11.3 Å². The molecule has 0 fully saturated rings. The van der Waals surface area contributed by atoms with Gasteiger partial charge in [0.25, 0.3) is 0 Å². The predicted molar refractivity (Wildman–Crippen MR) is 115 cm³/mol. The minimum atomic E-state index is -4.32. The average Bonchev–Trinajstić information content (AvgIpc) is 3.33. The number of alkyl halides is 3. The molecule has 154 valence electrons. The van der Waals surface area contributed by atoms with Gasteiger partial charge in [-0.25, -0.2) is 0 Å². The van der Waals surface area contributed by atoms with Gasteiger partial charge in [-0.15, -0.1) is 11.3 Å². The fourth-order valence-electron chi connectivity index (χ4n) is 3.76. The zero-order chi connectivity index (χ0) is 21.3. The first kappa shape index (κ1) is 20.2. The maximum absolute atomic E-state index is 13.6. The van der Waals surface area contributed by atoms with Gasteiger partial charge >= 0.3 is 6.18 Å². The van der Waals surface area contributed by atoms with E-state index in [1.165, 1.54) is 18.3 Å². The minimum absolute atomic E-state index is 0.210. The Kier molecular flexibility index (Phi) is 5.39. The van der Waals surface area contributed by atoms with Gasteiger partial charge in [-0.05, 0) is 34.7 Å². The van der Waals surface area contributed by atoms with E-state index < -0.39 is 18.5 Å². The van der Waals surface area contributed by atoms with Gasteiger partial charge in [-0.3, -0.25) is 4.79 Å². The number of thiophene rings is 1. The summed E-state index contributed by atoms with van der Waals surface area (Å²) in [5.41, 5.74) is 3.36. The third kappa shape index (κ3) is 4.26. The van der Waals surface area contributed by atoms with Crippen molar-refractivity contribution in [2.24, 2.45) is 0 Å². The molecule has 0 aliphatic heterocycles. The summed E-state index contributed by atoms with van der Waals surface area (Å²) in [5, 5.41) is 5.23. The van der Waals surface area contributed by atoms with Crippen molar-refractivity contribution in [1.29, 1.82) is 0 Å². The summed E-state index contributed by atoms with van der Waals surface area (Å²) >= 11 is 1.32. The first-order valence-electron chi connectivity index (χ1n) is 9.40. The summed E-state index contributed by atoms with van der Waals surface area (Å²) in [7, 11) is 0. The van der Waals surface area contributed by atoms with Crippen LogP contribution in [-0.4, -0.2) is 17.1 Å². The third-order valence-corrected chi connectivity index (χ3v) is 5.88. The minimum Gasteiger partial charge on any atom is -0.354 e. The summed E-state index contributed by atoms with van der Waals surface area (Å²) in [4.78, 5) is 15.4. The Morgan fingerprint density at radius 1 is 1.10 bits per heavy atom. The van der Waals surface area contributed by atoms with Crippen LogP contribution in [0.3, 0.4) is 0 Å². The number of hydrogen-bond acceptors (Lipinski definition) is 2. The predicted octanol–water partition coefficient (Wildman–Crippen LogP) is 6.94. The SMILES string of the molecule is CC(=O)Nc1ccc2c(C(CC(F)(F)F)c3cccs3)c(-c3ccccc3)[nH]c2c1. The Bertz CT molecular complexity index is 1160. The van der Waals surface area contributed by atoms with Crippen molar-refractivity contribution in [3.8, 4) is 11.3 Å². The molecule has 0 saturated heterocycles. The lowest BCUT2D eigenvalue weighted by Gasteiger charge is -2.19. The van der Waals surface area contributed by atoms with Gasteiger partial charge in [0.1, 0.15) is 0 Å². The van der Waals surface area contributed by atoms with E-state index in [1.807, 2.05) is 30.3 Å². The number of fused-ring (bicyclic) bond motifs is 1. The van der Waals surface area contributed by atoms with Gasteiger partial charge < -0.3 is 10.3 Å². The van der Waals surface area contributed by atoms with Crippen molar-refractivity contribution in [2.45, 2.75) is 25.4 Å². The Balaban J connectivity index is 1.96. The largest absolute Gasteiger partial charge is 0.390 e. The Morgan fingerprint density at radius 2 is 1.87 bits per heavy atom. The topological polar surface area (TPSA) is 44.9 Å². The number of benzene rings is 2. The van der Waals surface area contributed by atoms with Gasteiger partial charge in [0.05, 0.1) is 12.1 Å². The monoisotopic (exact) mass is 428 g/mol. The number of carbonyl (C=O) groups is 1. The molecule has 1 unspecified atom stereocenters. The number of amides is 1. The van der Waals surface area contributed by atoms with Crippen LogP contribution in [0.4, 0.5) is 18.9 Å². The average molecular weight is 428 g/mol. The molecule has 1 amide bonds. The van der Waals surface area contributed by atoms with Crippen LogP contribution < -0.4 is 5.32 Å². The second kappa shape index (κ2) is 7.99. The molecule has 0 saturated carbocycles. The molecule has 0 aliphatic carbocycles. The fraction of sp³-hybridized carbons (Fsp3) is 0.174. The summed E-state index contributed by atoms with van der Waals surface area (Å²) in [6.45, 7) is 1.41. The van der Waals surface area contributed by atoms with Crippen LogP contribution in [0.25, 0.3) is 22.2 Å². The lowest BCUT2D eigenvalue weighted by Crippen LogP contribution is -2.14. The first-order chi connectivity index (χ1) is 14.3. The molecule has 3 nitrogen and oxygen atoms in total. The summed E-state index contributed by atoms with van der Waals surface area (Å²) in [5.74, 6) is -1.04. The summed E-state index contributed by atoms with van der Waals surface area (Å²) in [6, 6.07) is 18.1. The number of H-pyrrole nitrogens is 1. The Hall–Kier alpha value is -3.06. The molecule has 4 rings (SSSR count). The van der Waals surface area contributed by atoms with E-state index in [1.54, 1.807) is 35.7 Å². The highest BCUT2D eigenvalue weighted by atomic mass is 32.1. The molecular weight excluding hydrogens is 409 g/mol. The zero-order valence-corrected chi connectivity index (χ0v) is 16.9. The number of nitrogens with one attached hydrogen (secondary N) is 2. The van der Waals surface area contributed by atoms with Gasteiger partial charge in [-0.1, -0.05) is 42.5 Å². The molecule has 1 atom stereocenters. The molecule has 0 bridgehead atoms. The van der Waals surface area contributed by atoms with Crippen LogP contribution in [0.1, 0.15) is 29.7 Å². The Labute approximate surface area is 175 Å². The number of halogens is 3. The van der Waals surface area contributed by atoms with Crippen LogP contribution in [0.2, 0.25) is 0 Å². The smallest absolute Gasteiger partial charge is 0.354 e. The number of aromatic amines is 1. The number of aromatic nitrogens is 1. The van der Waals surface area contributed by atoms with E-state index in [0.717, 1.165) is 5.56 Å². The van der Waals surface area contributed by atoms with E-state index >= 15 is 0 Å². The van der Waals surface area contributed by atoms with Crippen molar-refractivity contribution < 1.29 is 18.0 Å². The van der Waals surface area contributed by atoms with Crippen molar-refractivity contribution >= 4 is 33.8 Å². The van der Waals surface area contributed by atoms with Crippen molar-refractivity contribution in [3.05, 3.63) is 76.5 Å². The maximum Gasteiger partial charge on any atom is 0.390 e. The van der Waals surface area contributed by atoms with Gasteiger partial charge in [0, 0.05) is 34.3 Å². The molecule has 2 heterocycles. The van der Waals surface area contributed by atoms with Gasteiger partial charge in [0.2, 0.25) is 5.91 Å². The molecular formula is C23H19F3N2OS. The lowest BCUT2D eigenvalue weighted by atomic mass is 9.89. The molecule has 2 aromatic heterocycles. The van der Waals surface area contributed by atoms with E-state index in [2.05, 4.69) is 10.3 Å². The molecule has 0 spiro atoms. The first-order valence-corrected chi connectivity index (χ1v) is 10.3. The van der Waals surface area contributed by atoms with E-state index in [0.29, 0.717) is 32.7 Å². The third-order valence-electron chi connectivity index (χ3n) is 4.89. The molecule has 0 radical (unpaired) electrons. The van der Waals surface area contributed by atoms with Crippen LogP contribution in [0.5, 0.6) is 0 Å². The Morgan fingerprint density at radius 3 is 2.50 bits per heavy atom. The van der Waals surface area contributed by atoms with Crippen LogP contribution in [0, 0.1) is 0 Å². The van der Waals surface area contributed by atoms with Crippen LogP contribution in [0.15, 0.2) is 66.0 Å². The summed E-state index contributed by atoms with van der Waals surface area (Å²) in [6.07, 6.45) is -5.27.